The molecule has 12 nitrogen and oxygen atoms in total. The van der Waals surface area contributed by atoms with E-state index in [1.54, 1.807) is 0 Å². The fourth-order valence-corrected chi connectivity index (χ4v) is 1.23. The van der Waals surface area contributed by atoms with Gasteiger partial charge < -0.3 is 43.4 Å². The Labute approximate surface area is 151 Å². The van der Waals surface area contributed by atoms with Crippen molar-refractivity contribution in [1.29, 1.82) is 0 Å². The van der Waals surface area contributed by atoms with Crippen LogP contribution in [0.5, 0.6) is 0 Å². The number of hydrogen-bond acceptors (Lipinski definition) is 8. The van der Waals surface area contributed by atoms with Crippen molar-refractivity contribution < 1.29 is 39.6 Å². The zero-order valence-corrected chi connectivity index (χ0v) is 14.5. The van der Waals surface area contributed by atoms with Crippen molar-refractivity contribution in [3.63, 3.8) is 0 Å². The molecule has 0 bridgehead atoms. The number of aliphatic carboxylic acids is 4. The summed E-state index contributed by atoms with van der Waals surface area (Å²) in [7, 11) is 0. The third kappa shape index (κ3) is 26.6. The first-order chi connectivity index (χ1) is 12.0. The van der Waals surface area contributed by atoms with Gasteiger partial charge in [-0.05, 0) is 32.2 Å². The summed E-state index contributed by atoms with van der Waals surface area (Å²) in [4.78, 5) is 39.5. The van der Waals surface area contributed by atoms with Gasteiger partial charge >= 0.3 is 23.9 Å². The average Bonchev–Trinajstić information content (AvgIpc) is 2.56. The largest absolute Gasteiger partial charge is 0.481 e. The first-order valence-electron chi connectivity index (χ1n) is 7.80. The molecule has 0 aromatic rings. The van der Waals surface area contributed by atoms with E-state index in [-0.39, 0.29) is 13.0 Å². The van der Waals surface area contributed by atoms with E-state index in [1.165, 1.54) is 0 Å². The minimum atomic E-state index is -1.04. The lowest BCUT2D eigenvalue weighted by atomic mass is 10.1. The summed E-state index contributed by atoms with van der Waals surface area (Å²) in [5.74, 6) is -3.82. The summed E-state index contributed by atoms with van der Waals surface area (Å²) in [6.07, 6.45) is 2.57. The molecule has 0 aliphatic rings. The molecule has 0 saturated carbocycles. The lowest BCUT2D eigenvalue weighted by Gasteiger charge is -2.03. The Morgan fingerprint density at radius 1 is 0.692 bits per heavy atom. The fraction of sp³-hybridized carbons (Fsp3) is 0.714. The van der Waals surface area contributed by atoms with E-state index in [2.05, 4.69) is 5.73 Å². The van der Waals surface area contributed by atoms with Gasteiger partial charge in [0.05, 0.1) is 6.54 Å². The molecule has 0 spiro atoms. The van der Waals surface area contributed by atoms with Crippen molar-refractivity contribution in [2.24, 2.45) is 22.9 Å². The van der Waals surface area contributed by atoms with Crippen LogP contribution in [0.25, 0.3) is 0 Å². The van der Waals surface area contributed by atoms with Crippen LogP contribution in [-0.4, -0.2) is 69.5 Å². The van der Waals surface area contributed by atoms with Gasteiger partial charge in [0.15, 0.2) is 0 Å². The van der Waals surface area contributed by atoms with E-state index in [0.29, 0.717) is 38.6 Å². The number of carboxylic acids is 4. The van der Waals surface area contributed by atoms with Gasteiger partial charge in [-0.15, -0.1) is 0 Å². The molecule has 12 heteroatoms. The minimum Gasteiger partial charge on any atom is -0.481 e. The normalized spacial score (nSPS) is 11.7. The number of rotatable bonds is 11. The Hall–Kier alpha value is -2.28. The van der Waals surface area contributed by atoms with E-state index < -0.39 is 36.0 Å². The van der Waals surface area contributed by atoms with Gasteiger partial charge in [-0.3, -0.25) is 19.2 Å². The van der Waals surface area contributed by atoms with Crippen molar-refractivity contribution in [2.75, 3.05) is 13.1 Å². The van der Waals surface area contributed by atoms with Crippen LogP contribution < -0.4 is 22.9 Å². The summed E-state index contributed by atoms with van der Waals surface area (Å²) < 4.78 is 0. The highest BCUT2D eigenvalue weighted by Crippen LogP contribution is 2.02. The smallest absolute Gasteiger partial charge is 0.320 e. The van der Waals surface area contributed by atoms with Crippen LogP contribution in [0.3, 0.4) is 0 Å². The predicted octanol–water partition coefficient (Wildman–Crippen LogP) is -1.79. The second-order valence-electron chi connectivity index (χ2n) is 5.06. The van der Waals surface area contributed by atoms with E-state index in [0.717, 1.165) is 0 Å². The quantitative estimate of drug-likeness (QED) is 0.184. The maximum Gasteiger partial charge on any atom is 0.320 e. The first kappa shape index (κ1) is 28.5. The SMILES string of the molecule is NC(CCCCC(=O)O)C(=O)O.NCC(=O)O.NCCCC(N)C(=O)O. The van der Waals surface area contributed by atoms with Gasteiger partial charge in [0.25, 0.3) is 0 Å². The van der Waals surface area contributed by atoms with Gasteiger partial charge in [0.2, 0.25) is 0 Å². The van der Waals surface area contributed by atoms with Crippen molar-refractivity contribution in [1.82, 2.24) is 0 Å². The van der Waals surface area contributed by atoms with Crippen molar-refractivity contribution in [2.45, 2.75) is 50.6 Å². The Kier molecular flexibility index (Phi) is 20.9. The highest BCUT2D eigenvalue weighted by Gasteiger charge is 2.10. The lowest BCUT2D eigenvalue weighted by Crippen LogP contribution is -2.30. The maximum atomic E-state index is 10.2. The van der Waals surface area contributed by atoms with Crippen LogP contribution in [0.2, 0.25) is 0 Å². The summed E-state index contributed by atoms with van der Waals surface area (Å²) in [6, 6.07) is -1.60. The second kappa shape index (κ2) is 19.1. The third-order valence-electron chi connectivity index (χ3n) is 2.68. The molecule has 0 heterocycles. The van der Waals surface area contributed by atoms with E-state index in [1.807, 2.05) is 0 Å². The van der Waals surface area contributed by atoms with Crippen LogP contribution in [0, 0.1) is 0 Å². The van der Waals surface area contributed by atoms with Gasteiger partial charge in [-0.1, -0.05) is 6.42 Å². The summed E-state index contributed by atoms with van der Waals surface area (Å²) in [5.41, 5.74) is 20.0. The zero-order chi connectivity index (χ0) is 21.1. The molecule has 2 unspecified atom stereocenters. The Bertz CT molecular complexity index is 420. The molecule has 0 aliphatic carbocycles. The Morgan fingerprint density at radius 3 is 1.35 bits per heavy atom. The second-order valence-corrected chi connectivity index (χ2v) is 5.06. The molecule has 12 N–H and O–H groups in total. The standard InChI is InChI=1S/C7H13NO4.C5H12N2O2.C2H5NO2/c8-5(7(11)12)3-1-2-4-6(9)10;6-3-1-2-4(7)5(8)9;3-1-2(4)5/h5H,1-4,8H2,(H,9,10)(H,11,12);4H,1-3,6-7H2,(H,8,9);1,3H2,(H,4,5). The third-order valence-corrected chi connectivity index (χ3v) is 2.68. The van der Waals surface area contributed by atoms with Gasteiger partial charge in [-0.25, -0.2) is 0 Å². The lowest BCUT2D eigenvalue weighted by molar-refractivity contribution is -0.139. The molecular weight excluding hydrogens is 352 g/mol. The Balaban J connectivity index is -0.000000333. The van der Waals surface area contributed by atoms with Crippen LogP contribution in [0.15, 0.2) is 0 Å². The molecular formula is C14H30N4O8. The topological polar surface area (TPSA) is 253 Å². The van der Waals surface area contributed by atoms with E-state index in [4.69, 9.17) is 37.6 Å². The van der Waals surface area contributed by atoms with Gasteiger partial charge in [-0.2, -0.15) is 0 Å². The molecule has 154 valence electrons. The van der Waals surface area contributed by atoms with Gasteiger partial charge in [0.1, 0.15) is 12.1 Å². The molecule has 0 saturated heterocycles. The maximum absolute atomic E-state index is 10.2. The molecule has 0 amide bonds. The number of carbonyl (C=O) groups is 4. The van der Waals surface area contributed by atoms with Crippen molar-refractivity contribution >= 4 is 23.9 Å². The molecule has 0 aliphatic heterocycles. The average molecular weight is 382 g/mol. The number of carboxylic acid groups (broad SMARTS) is 4. The highest BCUT2D eigenvalue weighted by molar-refractivity contribution is 5.73. The number of hydrogen-bond donors (Lipinski definition) is 8. The molecule has 26 heavy (non-hydrogen) atoms. The van der Waals surface area contributed by atoms with Crippen LogP contribution in [0.4, 0.5) is 0 Å². The number of unbranched alkanes of at least 4 members (excludes halogenated alkanes) is 1. The molecule has 0 radical (unpaired) electrons. The highest BCUT2D eigenvalue weighted by atomic mass is 16.4. The first-order valence-corrected chi connectivity index (χ1v) is 7.80. The zero-order valence-electron chi connectivity index (χ0n) is 14.5. The minimum absolute atomic E-state index is 0.0757. The van der Waals surface area contributed by atoms with Crippen molar-refractivity contribution in [3.8, 4) is 0 Å². The summed E-state index contributed by atoms with van der Waals surface area (Å²) >= 11 is 0. The predicted molar refractivity (Wildman–Crippen MR) is 92.3 cm³/mol. The Morgan fingerprint density at radius 2 is 1.08 bits per heavy atom. The monoisotopic (exact) mass is 382 g/mol. The van der Waals surface area contributed by atoms with Gasteiger partial charge in [0, 0.05) is 6.42 Å². The molecule has 0 fully saturated rings. The van der Waals surface area contributed by atoms with Crippen LogP contribution >= 0.6 is 0 Å². The molecule has 0 rings (SSSR count). The number of nitrogens with two attached hydrogens (primary N) is 4. The van der Waals surface area contributed by atoms with Crippen molar-refractivity contribution in [3.05, 3.63) is 0 Å². The summed E-state index contributed by atoms with van der Waals surface area (Å²) in [5, 5.41) is 32.4. The molecule has 0 aromatic carbocycles. The van der Waals surface area contributed by atoms with Crippen LogP contribution in [-0.2, 0) is 19.2 Å². The summed E-state index contributed by atoms with van der Waals surface area (Å²) in [6.45, 7) is 0.223. The van der Waals surface area contributed by atoms with E-state index >= 15 is 0 Å². The fourth-order valence-electron chi connectivity index (χ4n) is 1.23. The van der Waals surface area contributed by atoms with Crippen LogP contribution in [0.1, 0.15) is 38.5 Å². The molecule has 0 aromatic heterocycles. The molecule has 2 atom stereocenters. The van der Waals surface area contributed by atoms with E-state index in [9.17, 15) is 19.2 Å².